The van der Waals surface area contributed by atoms with Gasteiger partial charge in [0.25, 0.3) is 5.91 Å². The molecular weight excluding hydrogens is 472 g/mol. The largest absolute Gasteiger partial charge is 0.497 e. The zero-order valence-electron chi connectivity index (χ0n) is 20.6. The maximum Gasteiger partial charge on any atom is 0.322 e. The number of methoxy groups -OCH3 is 1. The van der Waals surface area contributed by atoms with Gasteiger partial charge < -0.3 is 24.7 Å². The first-order chi connectivity index (χ1) is 18.0. The summed E-state index contributed by atoms with van der Waals surface area (Å²) in [6.07, 6.45) is 1.87. The SMILES string of the molecule is COc1ccc([C@@H]2NC(=O)N(C)C3=C2C(=O)N([C@H](Cc2ccccc2)C(=O)NCc2ccco2)C3)cc1. The summed E-state index contributed by atoms with van der Waals surface area (Å²) >= 11 is 0. The molecule has 190 valence electrons. The number of furan rings is 1. The smallest absolute Gasteiger partial charge is 0.322 e. The summed E-state index contributed by atoms with van der Waals surface area (Å²) in [6.45, 7) is 0.358. The van der Waals surface area contributed by atoms with E-state index in [2.05, 4.69) is 10.6 Å². The molecule has 4 amide bonds. The van der Waals surface area contributed by atoms with Crippen molar-refractivity contribution in [3.63, 3.8) is 0 Å². The van der Waals surface area contributed by atoms with E-state index in [4.69, 9.17) is 9.15 Å². The number of likely N-dealkylation sites (N-methyl/N-ethyl adjacent to an activating group) is 1. The molecule has 5 rings (SSSR count). The Balaban J connectivity index is 1.45. The summed E-state index contributed by atoms with van der Waals surface area (Å²) in [5.41, 5.74) is 2.73. The Hall–Kier alpha value is -4.53. The first-order valence-electron chi connectivity index (χ1n) is 12.0. The third-order valence-electron chi connectivity index (χ3n) is 6.81. The maximum absolute atomic E-state index is 13.9. The summed E-state index contributed by atoms with van der Waals surface area (Å²) in [6, 6.07) is 18.6. The second-order valence-corrected chi connectivity index (χ2v) is 9.01. The Morgan fingerprint density at radius 1 is 1.11 bits per heavy atom. The number of carbonyl (C=O) groups excluding carboxylic acids is 3. The van der Waals surface area contributed by atoms with E-state index < -0.39 is 12.1 Å². The number of rotatable bonds is 8. The lowest BCUT2D eigenvalue weighted by molar-refractivity contribution is -0.136. The zero-order chi connectivity index (χ0) is 25.9. The van der Waals surface area contributed by atoms with Crippen molar-refractivity contribution in [3.8, 4) is 5.75 Å². The van der Waals surface area contributed by atoms with Gasteiger partial charge in [-0.1, -0.05) is 42.5 Å². The third kappa shape index (κ3) is 4.80. The Kier molecular flexibility index (Phi) is 6.68. The standard InChI is InChI=1S/C28H28N4O5/c1-31-23-17-32(27(34)24(23)25(30-28(31)35)19-10-12-20(36-2)13-11-19)22(15-18-7-4-3-5-8-18)26(33)29-16-21-9-6-14-37-21/h3-14,22,25H,15-17H2,1-2H3,(H,29,33)(H,30,35)/t22-,25+/m1/s1. The predicted octanol–water partition coefficient (Wildman–Crippen LogP) is 3.01. The van der Waals surface area contributed by atoms with E-state index in [1.807, 2.05) is 42.5 Å². The van der Waals surface area contributed by atoms with Crippen LogP contribution in [0, 0.1) is 0 Å². The van der Waals surface area contributed by atoms with E-state index in [9.17, 15) is 14.4 Å². The average molecular weight is 501 g/mol. The van der Waals surface area contributed by atoms with Gasteiger partial charge in [0, 0.05) is 13.5 Å². The van der Waals surface area contributed by atoms with Crippen LogP contribution in [-0.2, 0) is 22.6 Å². The van der Waals surface area contributed by atoms with Gasteiger partial charge in [0.1, 0.15) is 17.6 Å². The lowest BCUT2D eigenvalue weighted by atomic mass is 9.95. The average Bonchev–Trinajstić information content (AvgIpc) is 3.57. The minimum atomic E-state index is -0.782. The van der Waals surface area contributed by atoms with E-state index in [-0.39, 0.29) is 30.9 Å². The number of urea groups is 1. The molecule has 9 nitrogen and oxygen atoms in total. The molecular formula is C28H28N4O5. The molecule has 0 fully saturated rings. The van der Waals surface area contributed by atoms with Crippen LogP contribution in [0.1, 0.15) is 22.9 Å². The summed E-state index contributed by atoms with van der Waals surface area (Å²) in [4.78, 5) is 43.2. The molecule has 2 N–H and O–H groups in total. The van der Waals surface area contributed by atoms with E-state index in [0.717, 1.165) is 11.1 Å². The Bertz CT molecular complexity index is 1320. The molecule has 0 saturated carbocycles. The van der Waals surface area contributed by atoms with Crippen LogP contribution in [-0.4, -0.2) is 54.4 Å². The quantitative estimate of drug-likeness (QED) is 0.495. The fourth-order valence-electron chi connectivity index (χ4n) is 4.77. The van der Waals surface area contributed by atoms with Crippen LogP contribution in [0.15, 0.2) is 88.7 Å². The van der Waals surface area contributed by atoms with Crippen molar-refractivity contribution in [3.05, 3.63) is 101 Å². The van der Waals surface area contributed by atoms with Crippen LogP contribution in [0.4, 0.5) is 4.79 Å². The summed E-state index contributed by atoms with van der Waals surface area (Å²) in [5.74, 6) is 0.715. The van der Waals surface area contributed by atoms with Gasteiger partial charge in [0.15, 0.2) is 0 Å². The predicted molar refractivity (Wildman–Crippen MR) is 135 cm³/mol. The van der Waals surface area contributed by atoms with Crippen LogP contribution in [0.3, 0.4) is 0 Å². The number of nitrogens with zero attached hydrogens (tertiary/aromatic N) is 2. The van der Waals surface area contributed by atoms with E-state index >= 15 is 0 Å². The number of benzene rings is 2. The van der Waals surface area contributed by atoms with E-state index in [1.165, 1.54) is 4.90 Å². The van der Waals surface area contributed by atoms with Crippen LogP contribution < -0.4 is 15.4 Å². The van der Waals surface area contributed by atoms with Gasteiger partial charge in [-0.3, -0.25) is 14.5 Å². The zero-order valence-corrected chi connectivity index (χ0v) is 20.6. The van der Waals surface area contributed by atoms with Gasteiger partial charge in [-0.25, -0.2) is 4.79 Å². The highest BCUT2D eigenvalue weighted by atomic mass is 16.5. The van der Waals surface area contributed by atoms with Crippen LogP contribution in [0.2, 0.25) is 0 Å². The van der Waals surface area contributed by atoms with Crippen molar-refractivity contribution >= 4 is 17.8 Å². The van der Waals surface area contributed by atoms with Crippen LogP contribution in [0.5, 0.6) is 5.75 Å². The lowest BCUT2D eigenvalue weighted by Crippen LogP contribution is -2.49. The van der Waals surface area contributed by atoms with Crippen molar-refractivity contribution in [2.75, 3.05) is 20.7 Å². The summed E-state index contributed by atoms with van der Waals surface area (Å²) in [7, 11) is 3.21. The Labute approximate surface area is 214 Å². The fraction of sp³-hybridized carbons (Fsp3) is 0.250. The second-order valence-electron chi connectivity index (χ2n) is 9.01. The number of amides is 4. The molecule has 2 aromatic carbocycles. The number of hydrogen-bond acceptors (Lipinski definition) is 5. The van der Waals surface area contributed by atoms with Crippen molar-refractivity contribution in [2.45, 2.75) is 25.0 Å². The van der Waals surface area contributed by atoms with Gasteiger partial charge >= 0.3 is 6.03 Å². The highest BCUT2D eigenvalue weighted by molar-refractivity contribution is 6.03. The number of ether oxygens (including phenoxy) is 1. The molecule has 2 aliphatic rings. The molecule has 0 spiro atoms. The molecule has 3 heterocycles. The highest BCUT2D eigenvalue weighted by Gasteiger charge is 2.46. The summed E-state index contributed by atoms with van der Waals surface area (Å²) < 4.78 is 10.6. The highest BCUT2D eigenvalue weighted by Crippen LogP contribution is 2.37. The Morgan fingerprint density at radius 2 is 1.86 bits per heavy atom. The molecule has 0 saturated heterocycles. The van der Waals surface area contributed by atoms with Gasteiger partial charge in [0.05, 0.1) is 43.8 Å². The van der Waals surface area contributed by atoms with Crippen molar-refractivity contribution in [1.29, 1.82) is 0 Å². The molecule has 9 heteroatoms. The molecule has 0 unspecified atom stereocenters. The fourth-order valence-corrected chi connectivity index (χ4v) is 4.77. The maximum atomic E-state index is 13.9. The van der Waals surface area contributed by atoms with Gasteiger partial charge in [-0.15, -0.1) is 0 Å². The molecule has 37 heavy (non-hydrogen) atoms. The molecule has 3 aromatic rings. The molecule has 0 radical (unpaired) electrons. The van der Waals surface area contributed by atoms with E-state index in [1.54, 1.807) is 49.6 Å². The Morgan fingerprint density at radius 3 is 2.54 bits per heavy atom. The van der Waals surface area contributed by atoms with Crippen molar-refractivity contribution in [1.82, 2.24) is 20.4 Å². The van der Waals surface area contributed by atoms with Crippen LogP contribution in [0.25, 0.3) is 0 Å². The topological polar surface area (TPSA) is 104 Å². The summed E-state index contributed by atoms with van der Waals surface area (Å²) in [5, 5.41) is 5.84. The van der Waals surface area contributed by atoms with Gasteiger partial charge in [0.2, 0.25) is 5.91 Å². The third-order valence-corrected chi connectivity index (χ3v) is 6.81. The number of nitrogens with one attached hydrogen (secondary N) is 2. The molecule has 1 aromatic heterocycles. The van der Waals surface area contributed by atoms with Crippen molar-refractivity contribution in [2.24, 2.45) is 0 Å². The normalized spacial score (nSPS) is 17.9. The molecule has 0 bridgehead atoms. The molecule has 2 atom stereocenters. The lowest BCUT2D eigenvalue weighted by Gasteiger charge is -2.31. The van der Waals surface area contributed by atoms with Gasteiger partial charge in [-0.05, 0) is 35.4 Å². The molecule has 2 aliphatic heterocycles. The minimum Gasteiger partial charge on any atom is -0.497 e. The number of carbonyl (C=O) groups is 3. The monoisotopic (exact) mass is 500 g/mol. The first kappa shape index (κ1) is 24.2. The van der Waals surface area contributed by atoms with Crippen LogP contribution >= 0.6 is 0 Å². The second kappa shape index (κ2) is 10.2. The van der Waals surface area contributed by atoms with Gasteiger partial charge in [-0.2, -0.15) is 0 Å². The minimum absolute atomic E-state index is 0.149. The number of hydrogen-bond donors (Lipinski definition) is 2. The van der Waals surface area contributed by atoms with E-state index in [0.29, 0.717) is 29.2 Å². The van der Waals surface area contributed by atoms with Crippen molar-refractivity contribution < 1.29 is 23.5 Å². The first-order valence-corrected chi connectivity index (χ1v) is 12.0. The molecule has 0 aliphatic carbocycles.